The molecule has 0 atom stereocenters. The van der Waals surface area contributed by atoms with Crippen LogP contribution in [-0.2, 0) is 4.79 Å². The second-order valence-electron chi connectivity index (χ2n) is 9.47. The van der Waals surface area contributed by atoms with Gasteiger partial charge in [-0.25, -0.2) is 0 Å². The van der Waals surface area contributed by atoms with E-state index in [4.69, 9.17) is 0 Å². The smallest absolute Gasteiger partial charge is 0.309 e. The maximum atomic E-state index is 11.3. The van der Waals surface area contributed by atoms with E-state index in [0.717, 1.165) is 12.1 Å². The van der Waals surface area contributed by atoms with E-state index in [1.54, 1.807) is 13.8 Å². The van der Waals surface area contributed by atoms with Crippen LogP contribution in [0.25, 0.3) is 0 Å². The Labute approximate surface area is 131 Å². The summed E-state index contributed by atoms with van der Waals surface area (Å²) in [7, 11) is 0. The molecule has 0 aromatic rings. The first kappa shape index (κ1) is 20.0. The van der Waals surface area contributed by atoms with E-state index in [0.29, 0.717) is 6.42 Å². The summed E-state index contributed by atoms with van der Waals surface area (Å²) in [6.45, 7) is 22.9. The van der Waals surface area contributed by atoms with Crippen molar-refractivity contribution in [3.8, 4) is 0 Å². The van der Waals surface area contributed by atoms with Gasteiger partial charge in [-0.15, -0.1) is 0 Å². The fraction of sp³-hybridized carbons (Fsp3) is 0.833. The molecule has 0 aliphatic rings. The molecule has 124 valence electrons. The molecule has 3 heteroatoms. The van der Waals surface area contributed by atoms with Crippen molar-refractivity contribution in [3.05, 3.63) is 12.3 Å². The lowest BCUT2D eigenvalue weighted by molar-refractivity contribution is -0.148. The normalized spacial score (nSPS) is 14.0. The summed E-state index contributed by atoms with van der Waals surface area (Å²) in [5.74, 6) is -0.767. The van der Waals surface area contributed by atoms with Crippen LogP contribution in [0.4, 0.5) is 0 Å². The van der Waals surface area contributed by atoms with E-state index in [1.165, 1.54) is 0 Å². The van der Waals surface area contributed by atoms with Crippen LogP contribution in [0.5, 0.6) is 0 Å². The van der Waals surface area contributed by atoms with Crippen LogP contribution in [0.3, 0.4) is 0 Å². The van der Waals surface area contributed by atoms with Gasteiger partial charge in [-0.2, -0.15) is 0 Å². The molecular formula is C18H35NO2. The van der Waals surface area contributed by atoms with Crippen molar-refractivity contribution in [1.29, 1.82) is 0 Å². The second-order valence-corrected chi connectivity index (χ2v) is 9.47. The lowest BCUT2D eigenvalue weighted by Crippen LogP contribution is -2.47. The van der Waals surface area contributed by atoms with Gasteiger partial charge in [0.2, 0.25) is 0 Å². The third kappa shape index (κ3) is 7.01. The molecule has 0 radical (unpaired) electrons. The maximum absolute atomic E-state index is 11.3. The van der Waals surface area contributed by atoms with Crippen molar-refractivity contribution in [3.63, 3.8) is 0 Å². The predicted octanol–water partition coefficient (Wildman–Crippen LogP) is 4.83. The summed E-state index contributed by atoms with van der Waals surface area (Å²) < 4.78 is 0. The summed E-state index contributed by atoms with van der Waals surface area (Å²) in [5.41, 5.74) is 0.0872. The predicted molar refractivity (Wildman–Crippen MR) is 90.2 cm³/mol. The van der Waals surface area contributed by atoms with Gasteiger partial charge in [0.1, 0.15) is 0 Å². The zero-order valence-corrected chi connectivity index (χ0v) is 15.5. The van der Waals surface area contributed by atoms with Crippen molar-refractivity contribution < 1.29 is 9.90 Å². The van der Waals surface area contributed by atoms with Gasteiger partial charge < -0.3 is 10.4 Å². The van der Waals surface area contributed by atoms with E-state index in [1.807, 2.05) is 13.8 Å². The number of hydrogen-bond donors (Lipinski definition) is 2. The van der Waals surface area contributed by atoms with E-state index in [9.17, 15) is 9.90 Å². The summed E-state index contributed by atoms with van der Waals surface area (Å²) in [4.78, 5) is 11.3. The Morgan fingerprint density at radius 1 is 0.905 bits per heavy atom. The number of carboxylic acid groups (broad SMARTS) is 1. The minimum atomic E-state index is -0.767. The third-order valence-corrected chi connectivity index (χ3v) is 3.74. The van der Waals surface area contributed by atoms with E-state index in [-0.39, 0.29) is 16.4 Å². The monoisotopic (exact) mass is 297 g/mol. The fourth-order valence-corrected chi connectivity index (χ4v) is 3.23. The Morgan fingerprint density at radius 2 is 1.33 bits per heavy atom. The van der Waals surface area contributed by atoms with Crippen LogP contribution >= 0.6 is 0 Å². The highest BCUT2D eigenvalue weighted by atomic mass is 16.4. The average Bonchev–Trinajstić information content (AvgIpc) is 2.09. The number of nitrogens with one attached hydrogen (secondary N) is 1. The number of hydrogen-bond acceptors (Lipinski definition) is 2. The highest BCUT2D eigenvalue weighted by molar-refractivity contribution is 5.73. The molecule has 0 rings (SSSR count). The van der Waals surface area contributed by atoms with Gasteiger partial charge in [-0.1, -0.05) is 41.2 Å². The Hall–Kier alpha value is -0.990. The number of rotatable bonds is 7. The second kappa shape index (κ2) is 6.02. The molecule has 0 amide bonds. The van der Waals surface area contributed by atoms with E-state index >= 15 is 0 Å². The molecule has 0 unspecified atom stereocenters. The summed E-state index contributed by atoms with van der Waals surface area (Å²) >= 11 is 0. The average molecular weight is 297 g/mol. The number of carbonyl (C=O) groups is 1. The first-order chi connectivity index (χ1) is 8.99. The fourth-order valence-electron chi connectivity index (χ4n) is 3.23. The molecule has 21 heavy (non-hydrogen) atoms. The summed E-state index contributed by atoms with van der Waals surface area (Å²) in [6.07, 6.45) is 1.56. The van der Waals surface area contributed by atoms with Crippen molar-refractivity contribution in [1.82, 2.24) is 5.32 Å². The van der Waals surface area contributed by atoms with E-state index < -0.39 is 11.4 Å². The number of aliphatic carboxylic acids is 1. The Balaban J connectivity index is 4.94. The van der Waals surface area contributed by atoms with Crippen LogP contribution in [0.1, 0.15) is 75.2 Å². The van der Waals surface area contributed by atoms with Gasteiger partial charge >= 0.3 is 5.97 Å². The lowest BCUT2D eigenvalue weighted by atomic mass is 9.73. The minimum absolute atomic E-state index is 0.0388. The first-order valence-corrected chi connectivity index (χ1v) is 7.70. The van der Waals surface area contributed by atoms with Gasteiger partial charge in [0.15, 0.2) is 0 Å². The molecule has 2 N–H and O–H groups in total. The zero-order chi connectivity index (χ0) is 17.3. The zero-order valence-electron chi connectivity index (χ0n) is 15.5. The van der Waals surface area contributed by atoms with Crippen LogP contribution < -0.4 is 5.32 Å². The minimum Gasteiger partial charge on any atom is -0.481 e. The van der Waals surface area contributed by atoms with Crippen molar-refractivity contribution in [2.24, 2.45) is 16.2 Å². The SMILES string of the molecule is C=C(NC(C)(C)CC(C)(C)C(=O)O)C(C)(C)CC(C)(C)C. The van der Waals surface area contributed by atoms with Crippen molar-refractivity contribution in [2.45, 2.75) is 80.7 Å². The molecule has 0 heterocycles. The Bertz CT molecular complexity index is 398. The molecule has 0 aromatic carbocycles. The summed E-state index contributed by atoms with van der Waals surface area (Å²) in [6, 6.07) is 0. The number of allylic oxidation sites excluding steroid dienone is 1. The topological polar surface area (TPSA) is 49.3 Å². The van der Waals surface area contributed by atoms with E-state index in [2.05, 4.69) is 46.5 Å². The van der Waals surface area contributed by atoms with Crippen LogP contribution in [-0.4, -0.2) is 16.6 Å². The van der Waals surface area contributed by atoms with Crippen LogP contribution in [0, 0.1) is 16.2 Å². The first-order valence-electron chi connectivity index (χ1n) is 7.70. The molecule has 0 aliphatic carbocycles. The largest absolute Gasteiger partial charge is 0.481 e. The quantitative estimate of drug-likeness (QED) is 0.707. The maximum Gasteiger partial charge on any atom is 0.309 e. The molecule has 0 fully saturated rings. The highest BCUT2D eigenvalue weighted by Gasteiger charge is 2.37. The van der Waals surface area contributed by atoms with Crippen LogP contribution in [0.15, 0.2) is 12.3 Å². The van der Waals surface area contributed by atoms with Gasteiger partial charge in [-0.3, -0.25) is 4.79 Å². The van der Waals surface area contributed by atoms with Gasteiger partial charge in [-0.05, 0) is 46.0 Å². The molecular weight excluding hydrogens is 262 g/mol. The molecule has 0 saturated heterocycles. The van der Waals surface area contributed by atoms with Gasteiger partial charge in [0.05, 0.1) is 5.41 Å². The molecule has 0 aliphatic heterocycles. The van der Waals surface area contributed by atoms with Gasteiger partial charge in [0.25, 0.3) is 0 Å². The highest BCUT2D eigenvalue weighted by Crippen LogP contribution is 2.38. The Kier molecular flexibility index (Phi) is 5.73. The Morgan fingerprint density at radius 3 is 1.67 bits per heavy atom. The molecule has 0 saturated carbocycles. The van der Waals surface area contributed by atoms with Crippen molar-refractivity contribution in [2.75, 3.05) is 0 Å². The standard InChI is InChI=1S/C18H35NO2/c1-13(16(5,6)11-15(2,3)4)19-18(9,10)12-17(7,8)14(20)21/h19H,1,11-12H2,2-10H3,(H,20,21). The van der Waals surface area contributed by atoms with Gasteiger partial charge in [0, 0.05) is 16.7 Å². The van der Waals surface area contributed by atoms with Crippen LogP contribution in [0.2, 0.25) is 0 Å². The number of carboxylic acids is 1. The molecule has 3 nitrogen and oxygen atoms in total. The molecule has 0 aromatic heterocycles. The third-order valence-electron chi connectivity index (χ3n) is 3.74. The molecule has 0 bridgehead atoms. The summed E-state index contributed by atoms with van der Waals surface area (Å²) in [5, 5.41) is 12.8. The lowest BCUT2D eigenvalue weighted by Gasteiger charge is -2.41. The van der Waals surface area contributed by atoms with Crippen molar-refractivity contribution >= 4 is 5.97 Å². The molecule has 0 spiro atoms.